The molecule has 0 amide bonds. The number of benzene rings is 1. The summed E-state index contributed by atoms with van der Waals surface area (Å²) >= 11 is 0. The van der Waals surface area contributed by atoms with Gasteiger partial charge in [0.15, 0.2) is 0 Å². The minimum absolute atomic E-state index is 0.927. The SMILES string of the molecule is CN1CC2=C(CC=CC=C2)n2c1nc1ccccc12. The normalized spacial score (nSPS) is 17.6. The summed E-state index contributed by atoms with van der Waals surface area (Å²) in [6, 6.07) is 8.35. The van der Waals surface area contributed by atoms with E-state index in [4.69, 9.17) is 4.98 Å². The van der Waals surface area contributed by atoms with E-state index in [1.165, 1.54) is 16.8 Å². The molecule has 1 aromatic carbocycles. The predicted molar refractivity (Wildman–Crippen MR) is 79.1 cm³/mol. The lowest BCUT2D eigenvalue weighted by atomic mass is 10.1. The quantitative estimate of drug-likeness (QED) is 0.715. The second-order valence-electron chi connectivity index (χ2n) is 5.06. The van der Waals surface area contributed by atoms with E-state index in [-0.39, 0.29) is 0 Å². The molecule has 19 heavy (non-hydrogen) atoms. The summed E-state index contributed by atoms with van der Waals surface area (Å²) in [6.07, 6.45) is 9.64. The van der Waals surface area contributed by atoms with Crippen molar-refractivity contribution in [2.24, 2.45) is 0 Å². The number of para-hydroxylation sites is 2. The van der Waals surface area contributed by atoms with Gasteiger partial charge in [-0.15, -0.1) is 0 Å². The molecule has 0 radical (unpaired) electrons. The molecule has 0 fully saturated rings. The monoisotopic (exact) mass is 249 g/mol. The van der Waals surface area contributed by atoms with Gasteiger partial charge in [-0.05, 0) is 17.7 Å². The van der Waals surface area contributed by atoms with Crippen LogP contribution in [0.2, 0.25) is 0 Å². The number of imidazole rings is 1. The second kappa shape index (κ2) is 3.85. The van der Waals surface area contributed by atoms with Crippen molar-refractivity contribution in [2.75, 3.05) is 18.5 Å². The van der Waals surface area contributed by atoms with Gasteiger partial charge in [0.25, 0.3) is 0 Å². The largest absolute Gasteiger partial charge is 0.341 e. The van der Waals surface area contributed by atoms with Gasteiger partial charge in [-0.25, -0.2) is 4.98 Å². The molecule has 0 unspecified atom stereocenters. The van der Waals surface area contributed by atoms with E-state index in [0.29, 0.717) is 0 Å². The zero-order chi connectivity index (χ0) is 12.8. The van der Waals surface area contributed by atoms with Crippen LogP contribution in [0.1, 0.15) is 6.42 Å². The van der Waals surface area contributed by atoms with Gasteiger partial charge < -0.3 is 4.90 Å². The number of likely N-dealkylation sites (N-methyl/N-ethyl adjacent to an activating group) is 1. The second-order valence-corrected chi connectivity index (χ2v) is 5.06. The topological polar surface area (TPSA) is 21.1 Å². The molecule has 2 heterocycles. The van der Waals surface area contributed by atoms with Gasteiger partial charge in [0.05, 0.1) is 11.0 Å². The Labute approximate surface area is 112 Å². The number of nitrogens with zero attached hydrogens (tertiary/aromatic N) is 3. The van der Waals surface area contributed by atoms with Crippen LogP contribution < -0.4 is 4.90 Å². The number of allylic oxidation sites excluding steroid dienone is 4. The maximum atomic E-state index is 4.76. The molecular weight excluding hydrogens is 234 g/mol. The van der Waals surface area contributed by atoms with Crippen LogP contribution >= 0.6 is 0 Å². The Morgan fingerprint density at radius 1 is 1.16 bits per heavy atom. The zero-order valence-electron chi connectivity index (χ0n) is 10.9. The van der Waals surface area contributed by atoms with E-state index in [1.54, 1.807) is 0 Å². The maximum absolute atomic E-state index is 4.76. The molecule has 0 atom stereocenters. The highest BCUT2D eigenvalue weighted by atomic mass is 15.3. The van der Waals surface area contributed by atoms with Crippen molar-refractivity contribution in [2.45, 2.75) is 6.42 Å². The van der Waals surface area contributed by atoms with Gasteiger partial charge >= 0.3 is 0 Å². The molecule has 2 aliphatic rings. The van der Waals surface area contributed by atoms with Gasteiger partial charge in [0, 0.05) is 25.7 Å². The Bertz CT molecular complexity index is 746. The molecule has 2 aromatic rings. The van der Waals surface area contributed by atoms with Gasteiger partial charge in [-0.1, -0.05) is 36.4 Å². The van der Waals surface area contributed by atoms with E-state index >= 15 is 0 Å². The van der Waals surface area contributed by atoms with Crippen LogP contribution in [-0.4, -0.2) is 23.1 Å². The number of aromatic nitrogens is 2. The molecule has 1 aliphatic heterocycles. The smallest absolute Gasteiger partial charge is 0.211 e. The van der Waals surface area contributed by atoms with Crippen LogP contribution in [0.5, 0.6) is 0 Å². The van der Waals surface area contributed by atoms with Crippen molar-refractivity contribution in [3.05, 3.63) is 54.1 Å². The number of rotatable bonds is 0. The molecule has 1 aromatic heterocycles. The van der Waals surface area contributed by atoms with E-state index in [0.717, 1.165) is 24.4 Å². The van der Waals surface area contributed by atoms with Crippen molar-refractivity contribution in [1.29, 1.82) is 0 Å². The Hall–Kier alpha value is -2.29. The average molecular weight is 249 g/mol. The fraction of sp³-hybridized carbons (Fsp3) is 0.188. The summed E-state index contributed by atoms with van der Waals surface area (Å²) in [6.45, 7) is 0.927. The van der Waals surface area contributed by atoms with Crippen LogP contribution in [-0.2, 0) is 0 Å². The number of fused-ring (bicyclic) bond motifs is 4. The molecule has 1 aliphatic carbocycles. The first-order valence-electron chi connectivity index (χ1n) is 6.59. The van der Waals surface area contributed by atoms with Crippen molar-refractivity contribution in [3.63, 3.8) is 0 Å². The highest BCUT2D eigenvalue weighted by Crippen LogP contribution is 2.34. The highest BCUT2D eigenvalue weighted by Gasteiger charge is 2.24. The summed E-state index contributed by atoms with van der Waals surface area (Å²) < 4.78 is 2.30. The summed E-state index contributed by atoms with van der Waals surface area (Å²) in [4.78, 5) is 6.98. The molecule has 3 nitrogen and oxygen atoms in total. The lowest BCUT2D eigenvalue weighted by molar-refractivity contribution is 0.864. The van der Waals surface area contributed by atoms with E-state index in [1.807, 2.05) is 6.07 Å². The Kier molecular flexibility index (Phi) is 2.15. The van der Waals surface area contributed by atoms with Crippen LogP contribution in [0.3, 0.4) is 0 Å². The fourth-order valence-electron chi connectivity index (χ4n) is 2.90. The maximum Gasteiger partial charge on any atom is 0.211 e. The molecule has 3 heteroatoms. The lowest BCUT2D eigenvalue weighted by Gasteiger charge is -2.28. The zero-order valence-corrected chi connectivity index (χ0v) is 10.9. The highest BCUT2D eigenvalue weighted by molar-refractivity contribution is 5.86. The Morgan fingerprint density at radius 3 is 3.00 bits per heavy atom. The van der Waals surface area contributed by atoms with Gasteiger partial charge in [0.2, 0.25) is 5.95 Å². The molecule has 0 spiro atoms. The minimum Gasteiger partial charge on any atom is -0.341 e. The van der Waals surface area contributed by atoms with Gasteiger partial charge in [0.1, 0.15) is 0 Å². The van der Waals surface area contributed by atoms with E-state index < -0.39 is 0 Å². The standard InChI is InChI=1S/C16H15N3/c1-18-11-12-7-3-2-4-9-14(12)19-15-10-6-5-8-13(15)17-16(18)19/h2-8,10H,9,11H2,1H3. The van der Waals surface area contributed by atoms with Crippen LogP contribution in [0.25, 0.3) is 16.7 Å². The fourth-order valence-corrected chi connectivity index (χ4v) is 2.90. The third kappa shape index (κ3) is 1.48. The summed E-state index contributed by atoms with van der Waals surface area (Å²) in [5.74, 6) is 1.05. The summed E-state index contributed by atoms with van der Waals surface area (Å²) in [5.41, 5.74) is 4.99. The number of hydrogen-bond acceptors (Lipinski definition) is 2. The molecule has 4 rings (SSSR count). The first kappa shape index (κ1) is 10.6. The minimum atomic E-state index is 0.927. The van der Waals surface area contributed by atoms with Crippen molar-refractivity contribution in [3.8, 4) is 0 Å². The van der Waals surface area contributed by atoms with Gasteiger partial charge in [-0.3, -0.25) is 4.57 Å². The molecule has 0 saturated carbocycles. The number of hydrogen-bond donors (Lipinski definition) is 0. The molecule has 0 saturated heterocycles. The number of anilines is 1. The first-order valence-corrected chi connectivity index (χ1v) is 6.59. The summed E-state index contributed by atoms with van der Waals surface area (Å²) in [7, 11) is 2.10. The Morgan fingerprint density at radius 2 is 2.05 bits per heavy atom. The molecule has 0 N–H and O–H groups in total. The lowest BCUT2D eigenvalue weighted by Crippen LogP contribution is -2.28. The van der Waals surface area contributed by atoms with Crippen molar-refractivity contribution >= 4 is 22.7 Å². The van der Waals surface area contributed by atoms with Gasteiger partial charge in [-0.2, -0.15) is 0 Å². The molecular formula is C16H15N3. The van der Waals surface area contributed by atoms with Crippen LogP contribution in [0, 0.1) is 0 Å². The summed E-state index contributed by atoms with van der Waals surface area (Å²) in [5, 5.41) is 0. The van der Waals surface area contributed by atoms with E-state index in [9.17, 15) is 0 Å². The van der Waals surface area contributed by atoms with Crippen LogP contribution in [0.4, 0.5) is 5.95 Å². The Balaban J connectivity index is 2.06. The first-order chi connectivity index (χ1) is 9.34. The average Bonchev–Trinajstić information content (AvgIpc) is 2.67. The molecule has 0 bridgehead atoms. The van der Waals surface area contributed by atoms with Crippen LogP contribution in [0.15, 0.2) is 54.1 Å². The third-order valence-corrected chi connectivity index (χ3v) is 3.79. The predicted octanol–water partition coefficient (Wildman–Crippen LogP) is 3.21. The molecule has 94 valence electrons. The third-order valence-electron chi connectivity index (χ3n) is 3.79. The van der Waals surface area contributed by atoms with Crippen molar-refractivity contribution < 1.29 is 0 Å². The van der Waals surface area contributed by atoms with E-state index in [2.05, 4.69) is 59.0 Å². The van der Waals surface area contributed by atoms with Crippen molar-refractivity contribution in [1.82, 2.24) is 9.55 Å².